The normalized spacial score (nSPS) is 13.9. The van der Waals surface area contributed by atoms with Crippen molar-refractivity contribution in [1.29, 1.82) is 0 Å². The van der Waals surface area contributed by atoms with Crippen LogP contribution in [-0.4, -0.2) is 26.6 Å². The molecule has 0 saturated heterocycles. The van der Waals surface area contributed by atoms with E-state index in [2.05, 4.69) is 12.1 Å². The third-order valence-corrected chi connectivity index (χ3v) is 4.66. The van der Waals surface area contributed by atoms with Crippen molar-refractivity contribution in [3.63, 3.8) is 0 Å². The van der Waals surface area contributed by atoms with Gasteiger partial charge in [0.2, 0.25) is 0 Å². The lowest BCUT2D eigenvalue weighted by atomic mass is 9.96. The van der Waals surface area contributed by atoms with Crippen molar-refractivity contribution in [2.24, 2.45) is 0 Å². The second kappa shape index (κ2) is 6.35. The van der Waals surface area contributed by atoms with Gasteiger partial charge in [-0.2, -0.15) is 5.10 Å². The first-order chi connectivity index (χ1) is 10.3. The molecule has 1 aromatic carbocycles. The molecule has 3 rings (SSSR count). The number of carboxylic acids is 1. The summed E-state index contributed by atoms with van der Waals surface area (Å²) >= 11 is 1.42. The van der Waals surface area contributed by atoms with Gasteiger partial charge in [-0.05, 0) is 43.4 Å². The molecule has 0 bridgehead atoms. The minimum absolute atomic E-state index is 0.132. The lowest BCUT2D eigenvalue weighted by molar-refractivity contribution is -0.133. The van der Waals surface area contributed by atoms with E-state index < -0.39 is 5.97 Å². The molecule has 1 N–H and O–H groups in total. The number of hydrogen-bond donors (Lipinski definition) is 1. The van der Waals surface area contributed by atoms with Gasteiger partial charge in [-0.25, -0.2) is 4.68 Å². The summed E-state index contributed by atoms with van der Waals surface area (Å²) < 4.78 is 2.05. The molecule has 0 fully saturated rings. The second-order valence-corrected chi connectivity index (χ2v) is 6.20. The number of thioether (sulfide) groups is 1. The van der Waals surface area contributed by atoms with Gasteiger partial charge >= 0.3 is 5.97 Å². The summed E-state index contributed by atoms with van der Waals surface area (Å²) in [5.74, 6) is 0.0397. The molecule has 1 heterocycles. The first kappa shape index (κ1) is 14.2. The van der Waals surface area contributed by atoms with E-state index in [0.29, 0.717) is 5.75 Å². The van der Waals surface area contributed by atoms with Crippen LogP contribution in [-0.2, 0) is 23.4 Å². The number of aliphatic carboxylic acids is 1. The van der Waals surface area contributed by atoms with E-state index in [-0.39, 0.29) is 5.75 Å². The number of carboxylic acid groups (broad SMARTS) is 1. The van der Waals surface area contributed by atoms with Crippen molar-refractivity contribution in [3.05, 3.63) is 47.3 Å². The van der Waals surface area contributed by atoms with Gasteiger partial charge in [0.15, 0.2) is 0 Å². The van der Waals surface area contributed by atoms with E-state index >= 15 is 0 Å². The molecule has 0 saturated carbocycles. The van der Waals surface area contributed by atoms with E-state index in [4.69, 9.17) is 10.2 Å². The zero-order valence-electron chi connectivity index (χ0n) is 11.8. The van der Waals surface area contributed by atoms with Crippen LogP contribution in [0.15, 0.2) is 30.3 Å². The van der Waals surface area contributed by atoms with Crippen LogP contribution in [0.2, 0.25) is 0 Å². The van der Waals surface area contributed by atoms with Crippen LogP contribution in [0.1, 0.15) is 29.8 Å². The Hall–Kier alpha value is -1.75. The fourth-order valence-corrected chi connectivity index (χ4v) is 3.51. The van der Waals surface area contributed by atoms with E-state index in [1.165, 1.54) is 35.9 Å². The molecular weight excluding hydrogens is 284 g/mol. The van der Waals surface area contributed by atoms with Crippen molar-refractivity contribution in [2.45, 2.75) is 31.4 Å². The Labute approximate surface area is 128 Å². The van der Waals surface area contributed by atoms with Gasteiger partial charge in [-0.15, -0.1) is 11.8 Å². The van der Waals surface area contributed by atoms with Crippen molar-refractivity contribution in [3.8, 4) is 5.69 Å². The molecule has 0 spiro atoms. The standard InChI is InChI=1S/C16H18N2O2S/c19-16(20)11-21-10-14-13-8-4-5-9-15(13)18(17-14)12-6-2-1-3-7-12/h1-3,6-7H,4-5,8-11H2,(H,19,20). The topological polar surface area (TPSA) is 55.1 Å². The summed E-state index contributed by atoms with van der Waals surface area (Å²) in [5.41, 5.74) is 4.78. The smallest absolute Gasteiger partial charge is 0.313 e. The molecule has 1 aliphatic rings. The average molecular weight is 302 g/mol. The highest BCUT2D eigenvalue weighted by molar-refractivity contribution is 7.99. The Morgan fingerprint density at radius 3 is 2.76 bits per heavy atom. The van der Waals surface area contributed by atoms with Crippen molar-refractivity contribution >= 4 is 17.7 Å². The van der Waals surface area contributed by atoms with Crippen molar-refractivity contribution in [1.82, 2.24) is 9.78 Å². The SMILES string of the molecule is O=C(O)CSCc1nn(-c2ccccc2)c2c1CCCC2. The average Bonchev–Trinajstić information content (AvgIpc) is 2.87. The summed E-state index contributed by atoms with van der Waals surface area (Å²) in [6.45, 7) is 0. The fourth-order valence-electron chi connectivity index (χ4n) is 2.81. The van der Waals surface area contributed by atoms with Crippen LogP contribution in [0.4, 0.5) is 0 Å². The molecule has 0 radical (unpaired) electrons. The first-order valence-corrected chi connectivity index (χ1v) is 8.36. The molecule has 21 heavy (non-hydrogen) atoms. The molecule has 0 unspecified atom stereocenters. The minimum Gasteiger partial charge on any atom is -0.481 e. The second-order valence-electron chi connectivity index (χ2n) is 5.21. The summed E-state index contributed by atoms with van der Waals surface area (Å²) in [4.78, 5) is 10.7. The van der Waals surface area contributed by atoms with Crippen LogP contribution in [0.25, 0.3) is 5.69 Å². The van der Waals surface area contributed by atoms with Gasteiger partial charge in [0.25, 0.3) is 0 Å². The zero-order valence-corrected chi connectivity index (χ0v) is 12.6. The molecule has 2 aromatic rings. The highest BCUT2D eigenvalue weighted by atomic mass is 32.2. The maximum atomic E-state index is 10.7. The maximum absolute atomic E-state index is 10.7. The number of rotatable bonds is 5. The molecule has 0 atom stereocenters. The predicted octanol–water partition coefficient (Wildman–Crippen LogP) is 3.07. The number of benzene rings is 1. The Morgan fingerprint density at radius 2 is 2.00 bits per heavy atom. The molecule has 1 aromatic heterocycles. The molecular formula is C16H18N2O2S. The highest BCUT2D eigenvalue weighted by Gasteiger charge is 2.21. The van der Waals surface area contributed by atoms with E-state index in [1.54, 1.807) is 0 Å². The van der Waals surface area contributed by atoms with Gasteiger partial charge in [-0.3, -0.25) is 4.79 Å². The molecule has 0 amide bonds. The van der Waals surface area contributed by atoms with Gasteiger partial charge in [-0.1, -0.05) is 18.2 Å². The summed E-state index contributed by atoms with van der Waals surface area (Å²) in [5, 5.41) is 13.5. The lowest BCUT2D eigenvalue weighted by Gasteiger charge is -2.14. The van der Waals surface area contributed by atoms with E-state index in [0.717, 1.165) is 24.2 Å². The number of fused-ring (bicyclic) bond motifs is 1. The van der Waals surface area contributed by atoms with E-state index in [1.807, 2.05) is 22.9 Å². The maximum Gasteiger partial charge on any atom is 0.313 e. The third-order valence-electron chi connectivity index (χ3n) is 3.73. The molecule has 110 valence electrons. The number of para-hydroxylation sites is 1. The number of carbonyl (C=O) groups is 1. The highest BCUT2D eigenvalue weighted by Crippen LogP contribution is 2.28. The van der Waals surface area contributed by atoms with Gasteiger partial charge < -0.3 is 5.11 Å². The molecule has 5 heteroatoms. The van der Waals surface area contributed by atoms with Crippen molar-refractivity contribution < 1.29 is 9.90 Å². The number of nitrogens with zero attached hydrogens (tertiary/aromatic N) is 2. The number of hydrogen-bond acceptors (Lipinski definition) is 3. The minimum atomic E-state index is -0.767. The monoisotopic (exact) mass is 302 g/mol. The first-order valence-electron chi connectivity index (χ1n) is 7.20. The predicted molar refractivity (Wildman–Crippen MR) is 84.0 cm³/mol. The van der Waals surface area contributed by atoms with Crippen LogP contribution < -0.4 is 0 Å². The van der Waals surface area contributed by atoms with Crippen molar-refractivity contribution in [2.75, 3.05) is 5.75 Å². The van der Waals surface area contributed by atoms with Crippen LogP contribution >= 0.6 is 11.8 Å². The summed E-state index contributed by atoms with van der Waals surface area (Å²) in [6.07, 6.45) is 4.52. The largest absolute Gasteiger partial charge is 0.481 e. The molecule has 1 aliphatic carbocycles. The lowest BCUT2D eigenvalue weighted by Crippen LogP contribution is -2.07. The quantitative estimate of drug-likeness (QED) is 0.922. The van der Waals surface area contributed by atoms with E-state index in [9.17, 15) is 4.79 Å². The Kier molecular flexibility index (Phi) is 4.29. The summed E-state index contributed by atoms with van der Waals surface area (Å²) in [6, 6.07) is 10.2. The van der Waals surface area contributed by atoms with Gasteiger partial charge in [0.05, 0.1) is 17.1 Å². The Bertz CT molecular complexity index is 637. The van der Waals surface area contributed by atoms with Crippen LogP contribution in [0, 0.1) is 0 Å². The van der Waals surface area contributed by atoms with Gasteiger partial charge in [0, 0.05) is 11.4 Å². The Morgan fingerprint density at radius 1 is 1.24 bits per heavy atom. The summed E-state index contributed by atoms with van der Waals surface area (Å²) in [7, 11) is 0. The zero-order chi connectivity index (χ0) is 14.7. The van der Waals surface area contributed by atoms with Crippen LogP contribution in [0.3, 0.4) is 0 Å². The molecule has 0 aliphatic heterocycles. The Balaban J connectivity index is 1.91. The number of aromatic nitrogens is 2. The van der Waals surface area contributed by atoms with Gasteiger partial charge in [0.1, 0.15) is 0 Å². The van der Waals surface area contributed by atoms with Crippen LogP contribution in [0.5, 0.6) is 0 Å². The molecule has 4 nitrogen and oxygen atoms in total. The third kappa shape index (κ3) is 3.13. The fraction of sp³-hybridized carbons (Fsp3) is 0.375.